The number of aryl methyl sites for hydroxylation is 1. The minimum absolute atomic E-state index is 0.0110. The van der Waals surface area contributed by atoms with Crippen molar-refractivity contribution >= 4 is 40.7 Å². The molecule has 0 spiro atoms. The van der Waals surface area contributed by atoms with Crippen LogP contribution in [-0.4, -0.2) is 46.8 Å². The van der Waals surface area contributed by atoms with Gasteiger partial charge in [0.05, 0.1) is 22.0 Å². The van der Waals surface area contributed by atoms with Gasteiger partial charge in [-0.2, -0.15) is 9.90 Å². The summed E-state index contributed by atoms with van der Waals surface area (Å²) in [6.45, 7) is 1.47. The van der Waals surface area contributed by atoms with Crippen LogP contribution in [0.4, 0.5) is 14.5 Å². The Morgan fingerprint density at radius 3 is 2.63 bits per heavy atom. The van der Waals surface area contributed by atoms with E-state index in [1.165, 1.54) is 23.0 Å². The van der Waals surface area contributed by atoms with Gasteiger partial charge in [-0.05, 0) is 48.0 Å². The lowest BCUT2D eigenvalue weighted by molar-refractivity contribution is 0.100. The third kappa shape index (κ3) is 5.10. The Hall–Kier alpha value is -3.97. The predicted molar refractivity (Wildman–Crippen MR) is 121 cm³/mol. The van der Waals surface area contributed by atoms with Crippen LogP contribution in [0.5, 0.6) is 0 Å². The molecule has 1 aromatic carbocycles. The van der Waals surface area contributed by atoms with Crippen molar-refractivity contribution in [3.05, 3.63) is 74.9 Å². The molecule has 3 N–H and O–H groups in total. The number of amides is 2. The maximum atomic E-state index is 13.3. The van der Waals surface area contributed by atoms with Crippen LogP contribution in [0.1, 0.15) is 44.4 Å². The van der Waals surface area contributed by atoms with Crippen LogP contribution in [0.3, 0.4) is 0 Å². The van der Waals surface area contributed by atoms with Gasteiger partial charge in [0.25, 0.3) is 11.8 Å². The van der Waals surface area contributed by atoms with Crippen LogP contribution in [-0.2, 0) is 6.54 Å². The van der Waals surface area contributed by atoms with Crippen molar-refractivity contribution in [1.82, 2.24) is 35.0 Å². The van der Waals surface area contributed by atoms with E-state index >= 15 is 0 Å². The van der Waals surface area contributed by atoms with Gasteiger partial charge in [-0.3, -0.25) is 9.59 Å². The van der Waals surface area contributed by atoms with E-state index < -0.39 is 24.1 Å². The molecule has 0 saturated heterocycles. The summed E-state index contributed by atoms with van der Waals surface area (Å²) in [5.41, 5.74) is 6.31. The Bertz CT molecular complexity index is 1440. The van der Waals surface area contributed by atoms with Gasteiger partial charge in [0.1, 0.15) is 12.2 Å². The van der Waals surface area contributed by atoms with Crippen LogP contribution >= 0.6 is 23.2 Å². The molecular weight excluding hydrogens is 507 g/mol. The van der Waals surface area contributed by atoms with E-state index in [9.17, 15) is 18.4 Å². The van der Waals surface area contributed by atoms with E-state index in [1.807, 2.05) is 0 Å². The number of carbonyl (C=O) groups is 2. The minimum Gasteiger partial charge on any atom is -0.366 e. The lowest BCUT2D eigenvalue weighted by Crippen LogP contribution is -2.21. The molecule has 4 aromatic rings. The molecule has 35 heavy (non-hydrogen) atoms. The summed E-state index contributed by atoms with van der Waals surface area (Å²) in [6, 6.07) is 7.41. The summed E-state index contributed by atoms with van der Waals surface area (Å²) in [6.07, 6.45) is -1.44. The zero-order chi connectivity index (χ0) is 25.3. The third-order valence-electron chi connectivity index (χ3n) is 4.70. The molecular formula is C20H15Cl2F2N9O2. The molecule has 11 nitrogen and oxygen atoms in total. The van der Waals surface area contributed by atoms with Crippen molar-refractivity contribution in [3.63, 3.8) is 0 Å². The SMILES string of the molecule is Cc1cc(Cl)cc(C(N)=O)c1NC(=O)c1cc(Cn2nnc(C(F)F)n2)nn1-c1ncccc1Cl. The molecule has 0 aliphatic carbocycles. The summed E-state index contributed by atoms with van der Waals surface area (Å²) in [4.78, 5) is 30.3. The number of pyridine rings is 1. The molecule has 0 fully saturated rings. The number of halogens is 4. The second-order valence-corrected chi connectivity index (χ2v) is 8.03. The number of carbonyl (C=O) groups excluding carboxylic acids is 2. The first-order chi connectivity index (χ1) is 16.6. The lowest BCUT2D eigenvalue weighted by atomic mass is 10.1. The summed E-state index contributed by atoms with van der Waals surface area (Å²) < 4.78 is 26.8. The van der Waals surface area contributed by atoms with Gasteiger partial charge in [0.15, 0.2) is 5.82 Å². The first-order valence-corrected chi connectivity index (χ1v) is 10.6. The predicted octanol–water partition coefficient (Wildman–Crippen LogP) is 3.21. The number of primary amides is 1. The van der Waals surface area contributed by atoms with Crippen LogP contribution in [0, 0.1) is 6.92 Å². The normalized spacial score (nSPS) is 11.1. The Morgan fingerprint density at radius 1 is 1.20 bits per heavy atom. The van der Waals surface area contributed by atoms with Crippen LogP contribution < -0.4 is 11.1 Å². The number of alkyl halides is 2. The molecule has 2 amide bonds. The smallest absolute Gasteiger partial charge is 0.301 e. The Kier molecular flexibility index (Phi) is 6.71. The number of rotatable bonds is 7. The van der Waals surface area contributed by atoms with Crippen LogP contribution in [0.15, 0.2) is 36.5 Å². The molecule has 0 radical (unpaired) electrons. The molecule has 0 bridgehead atoms. The van der Waals surface area contributed by atoms with Crippen molar-refractivity contribution in [1.29, 1.82) is 0 Å². The van der Waals surface area contributed by atoms with Crippen LogP contribution in [0.25, 0.3) is 5.82 Å². The summed E-state index contributed by atoms with van der Waals surface area (Å²) >= 11 is 12.3. The monoisotopic (exact) mass is 521 g/mol. The molecule has 3 heterocycles. The Morgan fingerprint density at radius 2 is 1.97 bits per heavy atom. The van der Waals surface area contributed by atoms with Crippen molar-refractivity contribution in [3.8, 4) is 5.82 Å². The third-order valence-corrected chi connectivity index (χ3v) is 5.22. The molecule has 0 atom stereocenters. The van der Waals surface area contributed by atoms with Gasteiger partial charge in [-0.1, -0.05) is 23.2 Å². The molecule has 0 saturated carbocycles. The highest BCUT2D eigenvalue weighted by molar-refractivity contribution is 6.32. The fourth-order valence-corrected chi connectivity index (χ4v) is 3.67. The Balaban J connectivity index is 1.75. The standard InChI is InChI=1S/C20H15Cl2F2N9O2/c1-9-5-10(21)6-12(17(25)34)15(9)27-20(35)14-7-11(8-32-30-18(16(23)24)28-31-32)29-33(14)19-13(22)3-2-4-26-19/h2-7,16H,8H2,1H3,(H2,25,34)(H,27,35). The van der Waals surface area contributed by atoms with E-state index in [0.29, 0.717) is 5.56 Å². The quantitative estimate of drug-likeness (QED) is 0.379. The number of aromatic nitrogens is 7. The van der Waals surface area contributed by atoms with E-state index in [2.05, 4.69) is 30.8 Å². The highest BCUT2D eigenvalue weighted by Crippen LogP contribution is 2.27. The largest absolute Gasteiger partial charge is 0.366 e. The van der Waals surface area contributed by atoms with Crippen molar-refractivity contribution < 1.29 is 18.4 Å². The van der Waals surface area contributed by atoms with E-state index in [1.54, 1.807) is 25.1 Å². The first kappa shape index (κ1) is 24.2. The zero-order valence-electron chi connectivity index (χ0n) is 17.8. The zero-order valence-corrected chi connectivity index (χ0v) is 19.3. The maximum Gasteiger partial charge on any atom is 0.301 e. The number of anilines is 1. The van der Waals surface area contributed by atoms with Gasteiger partial charge in [-0.15, -0.1) is 10.2 Å². The lowest BCUT2D eigenvalue weighted by Gasteiger charge is -2.13. The number of hydrogen-bond acceptors (Lipinski definition) is 7. The molecule has 0 aliphatic heterocycles. The van der Waals surface area contributed by atoms with Crippen molar-refractivity contribution in [2.75, 3.05) is 5.32 Å². The summed E-state index contributed by atoms with van der Waals surface area (Å²) in [7, 11) is 0. The highest BCUT2D eigenvalue weighted by atomic mass is 35.5. The number of nitrogens with one attached hydrogen (secondary N) is 1. The topological polar surface area (TPSA) is 146 Å². The molecule has 0 unspecified atom stereocenters. The summed E-state index contributed by atoms with van der Waals surface area (Å²) in [5, 5.41) is 17.9. The first-order valence-electron chi connectivity index (χ1n) is 9.81. The number of nitrogens with two attached hydrogens (primary N) is 1. The minimum atomic E-state index is -2.89. The highest BCUT2D eigenvalue weighted by Gasteiger charge is 2.23. The van der Waals surface area contributed by atoms with E-state index in [4.69, 9.17) is 28.9 Å². The molecule has 180 valence electrons. The van der Waals surface area contributed by atoms with Gasteiger partial charge in [0, 0.05) is 11.2 Å². The second-order valence-electron chi connectivity index (χ2n) is 7.18. The average Bonchev–Trinajstić information content (AvgIpc) is 3.43. The van der Waals surface area contributed by atoms with Gasteiger partial charge in [-0.25, -0.2) is 18.4 Å². The fraction of sp³-hybridized carbons (Fsp3) is 0.150. The fourth-order valence-electron chi connectivity index (χ4n) is 3.20. The van der Waals surface area contributed by atoms with E-state index in [0.717, 1.165) is 4.80 Å². The van der Waals surface area contributed by atoms with E-state index in [-0.39, 0.29) is 45.0 Å². The second kappa shape index (κ2) is 9.72. The van der Waals surface area contributed by atoms with Crippen molar-refractivity contribution in [2.45, 2.75) is 19.9 Å². The molecule has 4 rings (SSSR count). The van der Waals surface area contributed by atoms with Crippen LogP contribution in [0.2, 0.25) is 10.0 Å². The number of tetrazole rings is 1. The number of nitrogens with zero attached hydrogens (tertiary/aromatic N) is 7. The molecule has 3 aromatic heterocycles. The summed E-state index contributed by atoms with van der Waals surface area (Å²) in [5.74, 6) is -2.08. The van der Waals surface area contributed by atoms with Gasteiger partial charge < -0.3 is 11.1 Å². The maximum absolute atomic E-state index is 13.3. The Labute approximate surface area is 205 Å². The molecule has 0 aliphatic rings. The van der Waals surface area contributed by atoms with Gasteiger partial charge in [0.2, 0.25) is 5.82 Å². The average molecular weight is 522 g/mol. The molecule has 15 heteroatoms. The van der Waals surface area contributed by atoms with Gasteiger partial charge >= 0.3 is 6.43 Å². The van der Waals surface area contributed by atoms with Crippen molar-refractivity contribution in [2.24, 2.45) is 5.73 Å². The number of benzene rings is 1. The number of hydrogen-bond donors (Lipinski definition) is 2.